The molecule has 2 aliphatic heterocycles. The van der Waals surface area contributed by atoms with E-state index in [1.165, 1.54) is 0 Å². The molecular formula is C19H12O4. The standard InChI is InChI=1S/C19H12O4/c20-19-17-16-11(9-21-14-7-3-1-5-12(14)16)10-22-18(17)13-6-2-4-8-15(13)23-19/h1-8,10,16H,9H2. The zero-order valence-corrected chi connectivity index (χ0v) is 12.1. The van der Waals surface area contributed by atoms with Gasteiger partial charge in [-0.1, -0.05) is 30.3 Å². The van der Waals surface area contributed by atoms with Crippen LogP contribution in [-0.4, -0.2) is 6.61 Å². The molecule has 23 heavy (non-hydrogen) atoms. The predicted molar refractivity (Wildman–Crippen MR) is 85.0 cm³/mol. The second kappa shape index (κ2) is 4.49. The lowest BCUT2D eigenvalue weighted by atomic mass is 9.82. The van der Waals surface area contributed by atoms with Gasteiger partial charge in [-0.2, -0.15) is 0 Å². The molecule has 2 aromatic carbocycles. The van der Waals surface area contributed by atoms with Gasteiger partial charge in [0.05, 0.1) is 23.1 Å². The van der Waals surface area contributed by atoms with Crippen LogP contribution >= 0.6 is 0 Å². The van der Waals surface area contributed by atoms with E-state index in [2.05, 4.69) is 0 Å². The number of ether oxygens (including phenoxy) is 2. The van der Waals surface area contributed by atoms with Crippen LogP contribution in [0.4, 0.5) is 0 Å². The van der Waals surface area contributed by atoms with Crippen molar-refractivity contribution in [1.29, 1.82) is 0 Å². The smallest absolute Gasteiger partial charge is 0.344 e. The number of fused-ring (bicyclic) bond motifs is 7. The first-order chi connectivity index (χ1) is 11.3. The molecular weight excluding hydrogens is 292 g/mol. The van der Waals surface area contributed by atoms with Gasteiger partial charge < -0.3 is 13.9 Å². The van der Waals surface area contributed by atoms with E-state index in [1.807, 2.05) is 42.5 Å². The topological polar surface area (TPSA) is 48.7 Å². The van der Waals surface area contributed by atoms with Crippen molar-refractivity contribution in [1.82, 2.24) is 0 Å². The van der Waals surface area contributed by atoms with Crippen LogP contribution in [0.5, 0.6) is 11.5 Å². The lowest BCUT2D eigenvalue weighted by Crippen LogP contribution is -2.27. The van der Waals surface area contributed by atoms with Crippen molar-refractivity contribution >= 4 is 11.0 Å². The number of rotatable bonds is 0. The third-order valence-corrected chi connectivity index (χ3v) is 4.41. The molecule has 4 nitrogen and oxygen atoms in total. The second-order valence-corrected chi connectivity index (χ2v) is 5.70. The van der Waals surface area contributed by atoms with Gasteiger partial charge in [-0.3, -0.25) is 0 Å². The van der Waals surface area contributed by atoms with E-state index in [-0.39, 0.29) is 11.5 Å². The molecule has 112 valence electrons. The molecule has 5 rings (SSSR count). The quantitative estimate of drug-likeness (QED) is 0.595. The Hall–Kier alpha value is -3.01. The minimum absolute atomic E-state index is 0.176. The Bertz CT molecular complexity index is 1030. The van der Waals surface area contributed by atoms with E-state index in [0.29, 0.717) is 23.5 Å². The van der Waals surface area contributed by atoms with E-state index in [0.717, 1.165) is 22.3 Å². The predicted octanol–water partition coefficient (Wildman–Crippen LogP) is 3.59. The van der Waals surface area contributed by atoms with Gasteiger partial charge in [-0.05, 0) is 18.2 Å². The second-order valence-electron chi connectivity index (χ2n) is 5.70. The van der Waals surface area contributed by atoms with E-state index >= 15 is 0 Å². The summed E-state index contributed by atoms with van der Waals surface area (Å²) in [4.78, 5) is 12.6. The van der Waals surface area contributed by atoms with Crippen LogP contribution < -0.4 is 15.1 Å². The van der Waals surface area contributed by atoms with Crippen LogP contribution in [0.25, 0.3) is 11.0 Å². The van der Waals surface area contributed by atoms with Gasteiger partial charge in [-0.15, -0.1) is 0 Å². The van der Waals surface area contributed by atoms with Crippen molar-refractivity contribution in [2.24, 2.45) is 0 Å². The minimum Gasteiger partial charge on any atom is -0.489 e. The molecule has 0 saturated carbocycles. The Labute approximate surface area is 131 Å². The maximum absolute atomic E-state index is 12.6. The Morgan fingerprint density at radius 3 is 2.78 bits per heavy atom. The molecule has 1 unspecified atom stereocenters. The SMILES string of the molecule is O=c1oc2ccccc2c2c1C1C(=CO2)COc2ccccc21. The summed E-state index contributed by atoms with van der Waals surface area (Å²) < 4.78 is 17.1. The average Bonchev–Trinajstić information content (AvgIpc) is 2.61. The first kappa shape index (κ1) is 12.5. The summed E-state index contributed by atoms with van der Waals surface area (Å²) in [7, 11) is 0. The summed E-state index contributed by atoms with van der Waals surface area (Å²) in [6.07, 6.45) is 1.70. The van der Waals surface area contributed by atoms with Crippen LogP contribution in [0.2, 0.25) is 0 Å². The molecule has 0 fully saturated rings. The van der Waals surface area contributed by atoms with Gasteiger partial charge in [0.25, 0.3) is 0 Å². The number of benzene rings is 2. The van der Waals surface area contributed by atoms with Crippen molar-refractivity contribution in [2.45, 2.75) is 5.92 Å². The lowest BCUT2D eigenvalue weighted by Gasteiger charge is -2.31. The average molecular weight is 304 g/mol. The van der Waals surface area contributed by atoms with E-state index in [9.17, 15) is 4.79 Å². The van der Waals surface area contributed by atoms with Crippen LogP contribution in [0.15, 0.2) is 69.6 Å². The fourth-order valence-corrected chi connectivity index (χ4v) is 3.38. The van der Waals surface area contributed by atoms with Gasteiger partial charge in [0.1, 0.15) is 23.7 Å². The summed E-state index contributed by atoms with van der Waals surface area (Å²) >= 11 is 0. The Kier molecular flexibility index (Phi) is 2.45. The Morgan fingerprint density at radius 2 is 1.83 bits per heavy atom. The number of hydrogen-bond donors (Lipinski definition) is 0. The van der Waals surface area contributed by atoms with Crippen LogP contribution in [0.3, 0.4) is 0 Å². The molecule has 0 saturated heterocycles. The van der Waals surface area contributed by atoms with Crippen LogP contribution in [0.1, 0.15) is 17.0 Å². The fraction of sp³-hybridized carbons (Fsp3) is 0.105. The summed E-state index contributed by atoms with van der Waals surface area (Å²) in [6.45, 7) is 0.410. The molecule has 1 atom stereocenters. The van der Waals surface area contributed by atoms with Crippen molar-refractivity contribution in [3.05, 3.63) is 81.9 Å². The van der Waals surface area contributed by atoms with Crippen LogP contribution in [-0.2, 0) is 0 Å². The summed E-state index contributed by atoms with van der Waals surface area (Å²) in [5.74, 6) is 1.21. The third kappa shape index (κ3) is 1.69. The zero-order chi connectivity index (χ0) is 15.4. The normalized spacial score (nSPS) is 18.1. The maximum Gasteiger partial charge on any atom is 0.344 e. The molecule has 3 aromatic rings. The van der Waals surface area contributed by atoms with E-state index in [4.69, 9.17) is 13.9 Å². The molecule has 3 heterocycles. The Morgan fingerprint density at radius 1 is 1.00 bits per heavy atom. The third-order valence-electron chi connectivity index (χ3n) is 4.41. The number of para-hydroxylation sites is 2. The van der Waals surface area contributed by atoms with Gasteiger partial charge in [0, 0.05) is 11.1 Å². The van der Waals surface area contributed by atoms with Crippen LogP contribution in [0, 0.1) is 0 Å². The molecule has 0 bridgehead atoms. The van der Waals surface area contributed by atoms with Crippen molar-refractivity contribution in [3.63, 3.8) is 0 Å². The van der Waals surface area contributed by atoms with E-state index in [1.54, 1.807) is 12.3 Å². The largest absolute Gasteiger partial charge is 0.489 e. The van der Waals surface area contributed by atoms with Gasteiger partial charge >= 0.3 is 5.63 Å². The molecule has 0 aliphatic carbocycles. The molecule has 0 N–H and O–H groups in total. The molecule has 0 radical (unpaired) electrons. The minimum atomic E-state index is -0.356. The molecule has 4 heteroatoms. The molecule has 2 aliphatic rings. The molecule has 0 amide bonds. The fourth-order valence-electron chi connectivity index (χ4n) is 3.38. The molecule has 1 aromatic heterocycles. The van der Waals surface area contributed by atoms with Crippen molar-refractivity contribution in [3.8, 4) is 11.5 Å². The van der Waals surface area contributed by atoms with E-state index < -0.39 is 0 Å². The highest BCUT2D eigenvalue weighted by molar-refractivity contribution is 5.85. The lowest BCUT2D eigenvalue weighted by molar-refractivity contribution is 0.307. The van der Waals surface area contributed by atoms with Crippen molar-refractivity contribution < 1.29 is 13.9 Å². The number of hydrogen-bond acceptors (Lipinski definition) is 4. The highest BCUT2D eigenvalue weighted by Gasteiger charge is 2.36. The first-order valence-electron chi connectivity index (χ1n) is 7.46. The maximum atomic E-state index is 12.6. The zero-order valence-electron chi connectivity index (χ0n) is 12.1. The monoisotopic (exact) mass is 304 g/mol. The Balaban J connectivity index is 1.86. The molecule has 0 spiro atoms. The summed E-state index contributed by atoms with van der Waals surface area (Å²) in [5.41, 5.74) is 2.63. The summed E-state index contributed by atoms with van der Waals surface area (Å²) in [5, 5.41) is 0.807. The summed E-state index contributed by atoms with van der Waals surface area (Å²) in [6, 6.07) is 15.2. The van der Waals surface area contributed by atoms with Gasteiger partial charge in [0.2, 0.25) is 0 Å². The van der Waals surface area contributed by atoms with Crippen molar-refractivity contribution in [2.75, 3.05) is 6.61 Å². The first-order valence-corrected chi connectivity index (χ1v) is 7.46. The van der Waals surface area contributed by atoms with Gasteiger partial charge in [0.15, 0.2) is 0 Å². The van der Waals surface area contributed by atoms with Gasteiger partial charge in [-0.25, -0.2) is 4.79 Å². The highest BCUT2D eigenvalue weighted by Crippen LogP contribution is 2.46. The highest BCUT2D eigenvalue weighted by atomic mass is 16.5.